The van der Waals surface area contributed by atoms with Gasteiger partial charge in [-0.05, 0) is 37.2 Å². The minimum atomic E-state index is 0.218. The van der Waals surface area contributed by atoms with Crippen LogP contribution in [0.3, 0.4) is 0 Å². The molecule has 4 nitrogen and oxygen atoms in total. The molecule has 2 aliphatic heterocycles. The van der Waals surface area contributed by atoms with Gasteiger partial charge in [0.05, 0.1) is 6.54 Å². The number of amides is 1. The molecule has 2 saturated heterocycles. The Morgan fingerprint density at radius 1 is 1.16 bits per heavy atom. The Morgan fingerprint density at radius 2 is 1.74 bits per heavy atom. The van der Waals surface area contributed by atoms with E-state index in [-0.39, 0.29) is 5.91 Å². The molecule has 0 aromatic carbocycles. The Kier molecular flexibility index (Phi) is 5.98. The fourth-order valence-corrected chi connectivity index (χ4v) is 3.89. The van der Waals surface area contributed by atoms with Crippen LogP contribution in [0, 0.1) is 0 Å². The van der Waals surface area contributed by atoms with E-state index in [9.17, 15) is 4.79 Å². The molecule has 19 heavy (non-hydrogen) atoms. The van der Waals surface area contributed by atoms with Crippen LogP contribution in [-0.2, 0) is 4.79 Å². The zero-order valence-corrected chi connectivity index (χ0v) is 13.0. The molecule has 2 rings (SSSR count). The van der Waals surface area contributed by atoms with E-state index in [1.54, 1.807) is 4.90 Å². The third-order valence-electron chi connectivity index (χ3n) is 4.14. The number of piperidine rings is 1. The largest absolute Gasteiger partial charge is 0.348 e. The van der Waals surface area contributed by atoms with E-state index >= 15 is 0 Å². The van der Waals surface area contributed by atoms with E-state index in [4.69, 9.17) is 0 Å². The number of rotatable bonds is 4. The number of hydrogen-bond donors (Lipinski definition) is 1. The molecule has 0 spiro atoms. The van der Waals surface area contributed by atoms with E-state index in [2.05, 4.69) is 22.0 Å². The molecule has 0 aromatic heterocycles. The van der Waals surface area contributed by atoms with Gasteiger partial charge in [-0.2, -0.15) is 11.8 Å². The summed E-state index contributed by atoms with van der Waals surface area (Å²) < 4.78 is 0. The van der Waals surface area contributed by atoms with Crippen LogP contribution < -0.4 is 5.32 Å². The molecule has 5 heteroatoms. The van der Waals surface area contributed by atoms with Crippen molar-refractivity contribution in [1.82, 2.24) is 15.1 Å². The summed E-state index contributed by atoms with van der Waals surface area (Å²) in [5, 5.41) is 3.82. The maximum absolute atomic E-state index is 11.7. The Balaban J connectivity index is 1.65. The lowest BCUT2D eigenvalue weighted by atomic mass is 10.0. The van der Waals surface area contributed by atoms with Crippen molar-refractivity contribution in [3.8, 4) is 0 Å². The molecule has 1 N–H and O–H groups in total. The molecule has 0 atom stereocenters. The standard InChI is InChI=1S/C14H27N3OS/c1-16(2)14(18)11-17-7-3-12(4-8-17)15-13-5-9-19-10-6-13/h12-13,15H,3-11H2,1-2H3. The Hall–Kier alpha value is -0.260. The topological polar surface area (TPSA) is 35.6 Å². The zero-order chi connectivity index (χ0) is 13.7. The van der Waals surface area contributed by atoms with Crippen molar-refractivity contribution >= 4 is 17.7 Å². The van der Waals surface area contributed by atoms with Gasteiger partial charge in [0.25, 0.3) is 0 Å². The highest BCUT2D eigenvalue weighted by Gasteiger charge is 2.23. The number of nitrogens with one attached hydrogen (secondary N) is 1. The van der Waals surface area contributed by atoms with Gasteiger partial charge >= 0.3 is 0 Å². The van der Waals surface area contributed by atoms with Crippen LogP contribution >= 0.6 is 11.8 Å². The molecule has 0 aromatic rings. The molecular formula is C14H27N3OS. The van der Waals surface area contributed by atoms with Gasteiger partial charge < -0.3 is 10.2 Å². The predicted octanol–water partition coefficient (Wildman–Crippen LogP) is 1.02. The first-order chi connectivity index (χ1) is 9.15. The quantitative estimate of drug-likeness (QED) is 0.837. The van der Waals surface area contributed by atoms with E-state index in [0.717, 1.165) is 19.1 Å². The van der Waals surface area contributed by atoms with Crippen LogP contribution in [0.1, 0.15) is 25.7 Å². The number of likely N-dealkylation sites (tertiary alicyclic amines) is 1. The normalized spacial score (nSPS) is 23.5. The molecule has 0 saturated carbocycles. The van der Waals surface area contributed by atoms with Crippen LogP contribution in [0.15, 0.2) is 0 Å². The highest BCUT2D eigenvalue weighted by atomic mass is 32.2. The van der Waals surface area contributed by atoms with Gasteiger partial charge in [-0.15, -0.1) is 0 Å². The van der Waals surface area contributed by atoms with Gasteiger partial charge in [0.15, 0.2) is 0 Å². The summed E-state index contributed by atoms with van der Waals surface area (Å²) in [5.41, 5.74) is 0. The predicted molar refractivity (Wildman–Crippen MR) is 81.6 cm³/mol. The number of carbonyl (C=O) groups excluding carboxylic acids is 1. The third kappa shape index (κ3) is 4.97. The second-order valence-corrected chi connectivity index (χ2v) is 7.12. The van der Waals surface area contributed by atoms with E-state index in [1.165, 1.54) is 37.2 Å². The first-order valence-corrected chi connectivity index (χ1v) is 8.57. The van der Waals surface area contributed by atoms with Crippen molar-refractivity contribution < 1.29 is 4.79 Å². The Labute approximate surface area is 121 Å². The van der Waals surface area contributed by atoms with Gasteiger partial charge in [0.1, 0.15) is 0 Å². The number of thioether (sulfide) groups is 1. The summed E-state index contributed by atoms with van der Waals surface area (Å²) in [4.78, 5) is 15.6. The lowest BCUT2D eigenvalue weighted by molar-refractivity contribution is -0.130. The molecule has 2 heterocycles. The molecule has 0 radical (unpaired) electrons. The van der Waals surface area contributed by atoms with Crippen LogP contribution in [0.5, 0.6) is 0 Å². The summed E-state index contributed by atoms with van der Waals surface area (Å²) in [5.74, 6) is 2.84. The van der Waals surface area contributed by atoms with Crippen molar-refractivity contribution in [3.63, 3.8) is 0 Å². The monoisotopic (exact) mass is 285 g/mol. The second kappa shape index (κ2) is 7.50. The van der Waals surface area contributed by atoms with Crippen molar-refractivity contribution in [2.24, 2.45) is 0 Å². The minimum Gasteiger partial charge on any atom is -0.348 e. The molecule has 1 amide bonds. The fourth-order valence-electron chi connectivity index (χ4n) is 2.79. The summed E-state index contributed by atoms with van der Waals surface area (Å²) >= 11 is 2.08. The first kappa shape index (κ1) is 15.1. The number of likely N-dealkylation sites (N-methyl/N-ethyl adjacent to an activating group) is 1. The van der Waals surface area contributed by atoms with Crippen LogP contribution in [0.4, 0.5) is 0 Å². The summed E-state index contributed by atoms with van der Waals surface area (Å²) in [7, 11) is 3.66. The highest BCUT2D eigenvalue weighted by Crippen LogP contribution is 2.19. The minimum absolute atomic E-state index is 0.218. The molecular weight excluding hydrogens is 258 g/mol. The summed E-state index contributed by atoms with van der Waals surface area (Å²) in [6, 6.07) is 1.40. The molecule has 0 aliphatic carbocycles. The number of nitrogens with zero attached hydrogens (tertiary/aromatic N) is 2. The van der Waals surface area contributed by atoms with E-state index < -0.39 is 0 Å². The third-order valence-corrected chi connectivity index (χ3v) is 5.19. The lowest BCUT2D eigenvalue weighted by Gasteiger charge is -2.35. The van der Waals surface area contributed by atoms with Crippen molar-refractivity contribution in [2.45, 2.75) is 37.8 Å². The molecule has 110 valence electrons. The zero-order valence-electron chi connectivity index (χ0n) is 12.2. The fraction of sp³-hybridized carbons (Fsp3) is 0.929. The highest BCUT2D eigenvalue weighted by molar-refractivity contribution is 7.99. The van der Waals surface area contributed by atoms with Gasteiger partial charge in [-0.3, -0.25) is 9.69 Å². The number of hydrogen-bond acceptors (Lipinski definition) is 4. The van der Waals surface area contributed by atoms with E-state index in [0.29, 0.717) is 12.6 Å². The van der Waals surface area contributed by atoms with Crippen molar-refractivity contribution in [1.29, 1.82) is 0 Å². The average Bonchev–Trinajstić information content (AvgIpc) is 2.42. The molecule has 2 fully saturated rings. The SMILES string of the molecule is CN(C)C(=O)CN1CCC(NC2CCSCC2)CC1. The van der Waals surface area contributed by atoms with Crippen LogP contribution in [-0.4, -0.2) is 73.0 Å². The molecule has 2 aliphatic rings. The Morgan fingerprint density at radius 3 is 2.32 bits per heavy atom. The first-order valence-electron chi connectivity index (χ1n) is 7.41. The lowest BCUT2D eigenvalue weighted by Crippen LogP contribution is -2.48. The van der Waals surface area contributed by atoms with Gasteiger partial charge in [-0.1, -0.05) is 0 Å². The smallest absolute Gasteiger partial charge is 0.236 e. The van der Waals surface area contributed by atoms with Crippen molar-refractivity contribution in [2.75, 3.05) is 45.2 Å². The summed E-state index contributed by atoms with van der Waals surface area (Å²) in [6.45, 7) is 2.69. The average molecular weight is 285 g/mol. The number of carbonyl (C=O) groups is 1. The van der Waals surface area contributed by atoms with Crippen LogP contribution in [0.25, 0.3) is 0 Å². The molecule has 0 bridgehead atoms. The van der Waals surface area contributed by atoms with Crippen LogP contribution in [0.2, 0.25) is 0 Å². The van der Waals surface area contributed by atoms with Crippen molar-refractivity contribution in [3.05, 3.63) is 0 Å². The maximum Gasteiger partial charge on any atom is 0.236 e. The van der Waals surface area contributed by atoms with E-state index in [1.807, 2.05) is 14.1 Å². The van der Waals surface area contributed by atoms with Gasteiger partial charge in [0.2, 0.25) is 5.91 Å². The Bertz CT molecular complexity index is 284. The maximum atomic E-state index is 11.7. The summed E-state index contributed by atoms with van der Waals surface area (Å²) in [6.07, 6.45) is 5.02. The molecule has 0 unspecified atom stereocenters. The van der Waals surface area contributed by atoms with Gasteiger partial charge in [-0.25, -0.2) is 0 Å². The van der Waals surface area contributed by atoms with Gasteiger partial charge in [0, 0.05) is 39.3 Å². The second-order valence-electron chi connectivity index (χ2n) is 5.89.